The maximum absolute atomic E-state index is 4.90. The molecule has 0 amide bonds. The topological polar surface area (TPSA) is 0 Å². The fourth-order valence-corrected chi connectivity index (χ4v) is 1.30. The van der Waals surface area contributed by atoms with Crippen molar-refractivity contribution < 1.29 is 0 Å². The lowest BCUT2D eigenvalue weighted by Crippen LogP contribution is -1.91. The van der Waals surface area contributed by atoms with Crippen molar-refractivity contribution in [3.05, 3.63) is 11.6 Å². The first-order valence-corrected chi connectivity index (χ1v) is 3.77. The van der Waals surface area contributed by atoms with Crippen LogP contribution >= 0.6 is 12.6 Å². The average molecular weight is 127 g/mol. The second-order valence-corrected chi connectivity index (χ2v) is 2.54. The number of hydrogen-bond acceptors (Lipinski definition) is 0. The van der Waals surface area contributed by atoms with Gasteiger partial charge in [-0.3, -0.25) is 0 Å². The molecule has 0 atom stereocenters. The molecule has 0 aromatic heterocycles. The molecular formula is C7H11S. The summed E-state index contributed by atoms with van der Waals surface area (Å²) in [6.45, 7) is 0. The fraction of sp³-hybridized carbons (Fsp3) is 0.714. The van der Waals surface area contributed by atoms with Crippen molar-refractivity contribution in [1.29, 1.82) is 0 Å². The minimum atomic E-state index is 0.861. The lowest BCUT2D eigenvalue weighted by Gasteiger charge is -2.08. The molecule has 0 aromatic carbocycles. The SMILES string of the molecule is [S]CC1=CCCCC1. The first-order valence-electron chi connectivity index (χ1n) is 3.19. The molecule has 8 heavy (non-hydrogen) atoms. The van der Waals surface area contributed by atoms with Crippen LogP contribution in [0.3, 0.4) is 0 Å². The van der Waals surface area contributed by atoms with Crippen LogP contribution in [-0.2, 0) is 0 Å². The van der Waals surface area contributed by atoms with Gasteiger partial charge < -0.3 is 0 Å². The molecule has 0 saturated heterocycles. The van der Waals surface area contributed by atoms with Crippen LogP contribution in [0.1, 0.15) is 25.7 Å². The summed E-state index contributed by atoms with van der Waals surface area (Å²) in [5.74, 6) is 0.861. The van der Waals surface area contributed by atoms with E-state index in [2.05, 4.69) is 6.08 Å². The summed E-state index contributed by atoms with van der Waals surface area (Å²) >= 11 is 4.90. The van der Waals surface area contributed by atoms with Gasteiger partial charge in [-0.15, -0.1) is 0 Å². The lowest BCUT2D eigenvalue weighted by molar-refractivity contribution is 0.703. The molecule has 1 heteroatoms. The molecule has 0 heterocycles. The molecule has 0 N–H and O–H groups in total. The molecule has 1 aliphatic rings. The highest BCUT2D eigenvalue weighted by atomic mass is 32.1. The van der Waals surface area contributed by atoms with E-state index in [4.69, 9.17) is 12.6 Å². The normalized spacial score (nSPS) is 20.4. The van der Waals surface area contributed by atoms with Crippen molar-refractivity contribution in [3.8, 4) is 0 Å². The summed E-state index contributed by atoms with van der Waals surface area (Å²) in [5.41, 5.74) is 1.49. The summed E-state index contributed by atoms with van der Waals surface area (Å²) in [6.07, 6.45) is 7.58. The third-order valence-corrected chi connectivity index (χ3v) is 1.94. The molecule has 0 nitrogen and oxygen atoms in total. The molecule has 0 saturated carbocycles. The monoisotopic (exact) mass is 127 g/mol. The zero-order valence-corrected chi connectivity index (χ0v) is 5.84. The number of hydrogen-bond donors (Lipinski definition) is 0. The summed E-state index contributed by atoms with van der Waals surface area (Å²) in [7, 11) is 0. The van der Waals surface area contributed by atoms with Gasteiger partial charge in [0.25, 0.3) is 0 Å². The highest BCUT2D eigenvalue weighted by molar-refractivity contribution is 7.80. The van der Waals surface area contributed by atoms with Crippen LogP contribution in [-0.4, -0.2) is 5.75 Å². The van der Waals surface area contributed by atoms with E-state index in [-0.39, 0.29) is 0 Å². The van der Waals surface area contributed by atoms with E-state index >= 15 is 0 Å². The van der Waals surface area contributed by atoms with Gasteiger partial charge in [-0.25, -0.2) is 0 Å². The van der Waals surface area contributed by atoms with E-state index in [9.17, 15) is 0 Å². The third-order valence-electron chi connectivity index (χ3n) is 1.57. The Balaban J connectivity index is 2.37. The maximum atomic E-state index is 4.90. The predicted molar refractivity (Wildman–Crippen MR) is 39.0 cm³/mol. The van der Waals surface area contributed by atoms with E-state index < -0.39 is 0 Å². The van der Waals surface area contributed by atoms with Crippen molar-refractivity contribution in [2.45, 2.75) is 25.7 Å². The summed E-state index contributed by atoms with van der Waals surface area (Å²) in [4.78, 5) is 0. The van der Waals surface area contributed by atoms with Crippen LogP contribution < -0.4 is 0 Å². The van der Waals surface area contributed by atoms with Gasteiger partial charge in [0, 0.05) is 5.75 Å². The van der Waals surface area contributed by atoms with Gasteiger partial charge in [-0.2, -0.15) is 0 Å². The molecular weight excluding hydrogens is 116 g/mol. The second-order valence-electron chi connectivity index (χ2n) is 2.25. The van der Waals surface area contributed by atoms with Crippen molar-refractivity contribution in [1.82, 2.24) is 0 Å². The van der Waals surface area contributed by atoms with Crippen molar-refractivity contribution in [2.75, 3.05) is 5.75 Å². The Labute approximate surface area is 56.4 Å². The zero-order valence-electron chi connectivity index (χ0n) is 5.02. The average Bonchev–Trinajstić information content (AvgIpc) is 1.90. The zero-order chi connectivity index (χ0) is 5.82. The van der Waals surface area contributed by atoms with Crippen LogP contribution in [0.15, 0.2) is 11.6 Å². The quantitative estimate of drug-likeness (QED) is 0.475. The molecule has 0 aromatic rings. The molecule has 0 spiro atoms. The van der Waals surface area contributed by atoms with Gasteiger partial charge in [-0.1, -0.05) is 24.3 Å². The summed E-state index contributed by atoms with van der Waals surface area (Å²) in [6, 6.07) is 0. The Morgan fingerprint density at radius 3 is 2.75 bits per heavy atom. The van der Waals surface area contributed by atoms with Crippen molar-refractivity contribution in [3.63, 3.8) is 0 Å². The van der Waals surface area contributed by atoms with Crippen LogP contribution in [0.5, 0.6) is 0 Å². The van der Waals surface area contributed by atoms with Gasteiger partial charge in [0.15, 0.2) is 0 Å². The molecule has 1 rings (SSSR count). The Kier molecular flexibility index (Phi) is 2.47. The van der Waals surface area contributed by atoms with Gasteiger partial charge in [0.05, 0.1) is 0 Å². The number of rotatable bonds is 1. The van der Waals surface area contributed by atoms with Gasteiger partial charge in [-0.05, 0) is 25.7 Å². The Morgan fingerprint density at radius 2 is 2.38 bits per heavy atom. The molecule has 1 aliphatic carbocycles. The number of allylic oxidation sites excluding steroid dienone is 1. The molecule has 0 fully saturated rings. The maximum Gasteiger partial charge on any atom is 0.0247 e. The van der Waals surface area contributed by atoms with Gasteiger partial charge >= 0.3 is 0 Å². The van der Waals surface area contributed by atoms with E-state index in [1.165, 1.54) is 31.3 Å². The second kappa shape index (κ2) is 3.18. The minimum Gasteiger partial charge on any atom is -0.0894 e. The van der Waals surface area contributed by atoms with E-state index in [0.29, 0.717) is 0 Å². The van der Waals surface area contributed by atoms with Crippen LogP contribution in [0, 0.1) is 0 Å². The highest BCUT2D eigenvalue weighted by Crippen LogP contribution is 2.17. The Hall–Kier alpha value is 0.0900. The largest absolute Gasteiger partial charge is 0.0894 e. The Morgan fingerprint density at radius 1 is 1.50 bits per heavy atom. The molecule has 45 valence electrons. The van der Waals surface area contributed by atoms with E-state index in [1.54, 1.807) is 0 Å². The molecule has 0 aliphatic heterocycles. The molecule has 1 radical (unpaired) electrons. The first kappa shape index (κ1) is 6.21. The first-order chi connectivity index (χ1) is 3.93. The predicted octanol–water partition coefficient (Wildman–Crippen LogP) is 2.68. The standard InChI is InChI=1S/C7H11S/c8-6-7-4-2-1-3-5-7/h4H,1-3,5-6H2. The lowest BCUT2D eigenvalue weighted by atomic mass is 10.0. The third kappa shape index (κ3) is 1.55. The van der Waals surface area contributed by atoms with Crippen molar-refractivity contribution in [2.24, 2.45) is 0 Å². The highest BCUT2D eigenvalue weighted by Gasteiger charge is 1.99. The summed E-state index contributed by atoms with van der Waals surface area (Å²) < 4.78 is 0. The summed E-state index contributed by atoms with van der Waals surface area (Å²) in [5, 5.41) is 0. The van der Waals surface area contributed by atoms with Crippen molar-refractivity contribution >= 4 is 12.6 Å². The van der Waals surface area contributed by atoms with Gasteiger partial charge in [0.2, 0.25) is 0 Å². The fourth-order valence-electron chi connectivity index (χ4n) is 1.04. The van der Waals surface area contributed by atoms with Crippen LogP contribution in [0.4, 0.5) is 0 Å². The smallest absolute Gasteiger partial charge is 0.0247 e. The van der Waals surface area contributed by atoms with Crippen LogP contribution in [0.2, 0.25) is 0 Å². The molecule has 0 unspecified atom stereocenters. The minimum absolute atomic E-state index is 0.861. The Bertz CT molecular complexity index is 94.6. The van der Waals surface area contributed by atoms with Crippen LogP contribution in [0.25, 0.3) is 0 Å². The van der Waals surface area contributed by atoms with Gasteiger partial charge in [0.1, 0.15) is 0 Å². The van der Waals surface area contributed by atoms with E-state index in [1.807, 2.05) is 0 Å². The molecule has 0 bridgehead atoms. The van der Waals surface area contributed by atoms with E-state index in [0.717, 1.165) is 5.75 Å².